The molecule has 0 saturated heterocycles. The molecule has 0 amide bonds. The minimum Gasteiger partial charge on any atom is -0.309 e. The topological polar surface area (TPSA) is 12.0 Å². The smallest absolute Gasteiger partial charge is 0.0304 e. The van der Waals surface area contributed by atoms with E-state index in [0.29, 0.717) is 0 Å². The van der Waals surface area contributed by atoms with E-state index < -0.39 is 0 Å². The molecule has 0 atom stereocenters. The lowest BCUT2D eigenvalue weighted by Gasteiger charge is -2.19. The Bertz CT molecular complexity index is 346. The molecule has 1 fully saturated rings. The Kier molecular flexibility index (Phi) is 7.67. The van der Waals surface area contributed by atoms with Crippen LogP contribution >= 0.6 is 11.3 Å². The summed E-state index contributed by atoms with van der Waals surface area (Å²) >= 11 is 1.90. The van der Waals surface area contributed by atoms with E-state index in [1.807, 2.05) is 11.3 Å². The number of aryl methyl sites for hydroxylation is 1. The van der Waals surface area contributed by atoms with E-state index in [2.05, 4.69) is 23.7 Å². The van der Waals surface area contributed by atoms with E-state index in [-0.39, 0.29) is 0 Å². The number of hydrogen-bond donors (Lipinski definition) is 1. The van der Waals surface area contributed by atoms with Crippen LogP contribution in [0.1, 0.15) is 81.1 Å². The van der Waals surface area contributed by atoms with E-state index in [4.69, 9.17) is 0 Å². The lowest BCUT2D eigenvalue weighted by Crippen LogP contribution is -2.28. The van der Waals surface area contributed by atoms with Crippen molar-refractivity contribution in [1.82, 2.24) is 5.32 Å². The molecule has 1 aliphatic rings. The summed E-state index contributed by atoms with van der Waals surface area (Å²) < 4.78 is 0. The van der Waals surface area contributed by atoms with Crippen molar-refractivity contribution in [2.45, 2.75) is 90.1 Å². The molecule has 1 aromatic heterocycles. The normalized spacial score (nSPS) is 20.2. The van der Waals surface area contributed by atoms with Gasteiger partial charge < -0.3 is 5.32 Å². The summed E-state index contributed by atoms with van der Waals surface area (Å²) in [5, 5.41) is 6.04. The van der Waals surface area contributed by atoms with Gasteiger partial charge in [-0.15, -0.1) is 11.3 Å². The van der Waals surface area contributed by atoms with Crippen LogP contribution < -0.4 is 5.32 Å². The third kappa shape index (κ3) is 5.97. The van der Waals surface area contributed by atoms with Gasteiger partial charge in [0.2, 0.25) is 0 Å². The Morgan fingerprint density at radius 3 is 2.00 bits per heavy atom. The predicted octanol–water partition coefficient (Wildman–Crippen LogP) is 5.82. The highest BCUT2D eigenvalue weighted by Gasteiger charge is 2.10. The first-order valence-corrected chi connectivity index (χ1v) is 9.50. The van der Waals surface area contributed by atoms with E-state index in [1.165, 1.54) is 81.1 Å². The summed E-state index contributed by atoms with van der Waals surface area (Å²) in [4.78, 5) is 1.52. The van der Waals surface area contributed by atoms with Crippen LogP contribution in [-0.2, 0) is 6.54 Å². The van der Waals surface area contributed by atoms with E-state index in [9.17, 15) is 0 Å². The third-order valence-electron chi connectivity index (χ3n) is 4.62. The highest BCUT2D eigenvalue weighted by Crippen LogP contribution is 2.19. The van der Waals surface area contributed by atoms with Gasteiger partial charge in [-0.1, -0.05) is 57.8 Å². The first kappa shape index (κ1) is 16.0. The summed E-state index contributed by atoms with van der Waals surface area (Å²) in [7, 11) is 0. The maximum atomic E-state index is 3.83. The molecule has 0 aromatic carbocycles. The van der Waals surface area contributed by atoms with Gasteiger partial charge in [0, 0.05) is 17.5 Å². The van der Waals surface area contributed by atoms with Crippen molar-refractivity contribution in [2.24, 2.45) is 0 Å². The molecule has 114 valence electrons. The Balaban J connectivity index is 1.75. The number of thiophene rings is 1. The molecule has 2 heteroatoms. The molecule has 0 aliphatic heterocycles. The van der Waals surface area contributed by atoms with Crippen molar-refractivity contribution in [1.29, 1.82) is 0 Å². The molecule has 1 aliphatic carbocycles. The SMILES string of the molecule is Cc1ccsc1CNC1CCCCCCCCCCC1. The number of rotatable bonds is 3. The fourth-order valence-electron chi connectivity index (χ4n) is 3.19. The van der Waals surface area contributed by atoms with Crippen LogP contribution in [-0.4, -0.2) is 6.04 Å². The largest absolute Gasteiger partial charge is 0.309 e. The van der Waals surface area contributed by atoms with Crippen molar-refractivity contribution in [3.63, 3.8) is 0 Å². The average Bonchev–Trinajstić information content (AvgIpc) is 2.84. The zero-order valence-corrected chi connectivity index (χ0v) is 13.9. The molecule has 1 aromatic rings. The molecule has 0 unspecified atom stereocenters. The van der Waals surface area contributed by atoms with Crippen LogP contribution in [0.2, 0.25) is 0 Å². The lowest BCUT2D eigenvalue weighted by molar-refractivity contribution is 0.404. The highest BCUT2D eigenvalue weighted by atomic mass is 32.1. The van der Waals surface area contributed by atoms with Crippen LogP contribution in [0.4, 0.5) is 0 Å². The van der Waals surface area contributed by atoms with Crippen molar-refractivity contribution < 1.29 is 0 Å². The maximum absolute atomic E-state index is 3.83. The molecule has 2 rings (SSSR count). The minimum absolute atomic E-state index is 0.746. The summed E-state index contributed by atoms with van der Waals surface area (Å²) in [5.41, 5.74) is 1.45. The summed E-state index contributed by atoms with van der Waals surface area (Å²) in [6.07, 6.45) is 15.8. The van der Waals surface area contributed by atoms with Crippen LogP contribution in [0, 0.1) is 6.92 Å². The quantitative estimate of drug-likeness (QED) is 0.740. The summed E-state index contributed by atoms with van der Waals surface area (Å²) in [6, 6.07) is 2.99. The number of nitrogens with one attached hydrogen (secondary N) is 1. The molecule has 0 radical (unpaired) electrons. The summed E-state index contributed by atoms with van der Waals surface area (Å²) in [5.74, 6) is 0. The monoisotopic (exact) mass is 293 g/mol. The molecular weight excluding hydrogens is 262 g/mol. The van der Waals surface area contributed by atoms with Gasteiger partial charge in [-0.3, -0.25) is 0 Å². The van der Waals surface area contributed by atoms with Crippen molar-refractivity contribution in [3.8, 4) is 0 Å². The minimum atomic E-state index is 0.746. The molecule has 1 N–H and O–H groups in total. The molecule has 20 heavy (non-hydrogen) atoms. The predicted molar refractivity (Wildman–Crippen MR) is 90.5 cm³/mol. The molecule has 1 saturated carbocycles. The molecule has 0 spiro atoms. The van der Waals surface area contributed by atoms with Crippen LogP contribution in [0.25, 0.3) is 0 Å². The van der Waals surface area contributed by atoms with Gasteiger partial charge in [0.25, 0.3) is 0 Å². The van der Waals surface area contributed by atoms with E-state index in [0.717, 1.165) is 12.6 Å². The standard InChI is InChI=1S/C18H31NS/c1-16-13-14-20-18(16)15-19-17-11-9-7-5-3-2-4-6-8-10-12-17/h13-14,17,19H,2-12,15H2,1H3. The average molecular weight is 294 g/mol. The summed E-state index contributed by atoms with van der Waals surface area (Å²) in [6.45, 7) is 3.31. The fraction of sp³-hybridized carbons (Fsp3) is 0.778. The lowest BCUT2D eigenvalue weighted by atomic mass is 9.98. The second-order valence-corrected chi connectivity index (χ2v) is 7.36. The first-order valence-electron chi connectivity index (χ1n) is 8.62. The maximum Gasteiger partial charge on any atom is 0.0304 e. The van der Waals surface area contributed by atoms with Gasteiger partial charge in [0.1, 0.15) is 0 Å². The van der Waals surface area contributed by atoms with Crippen LogP contribution in [0.15, 0.2) is 11.4 Å². The van der Waals surface area contributed by atoms with E-state index >= 15 is 0 Å². The second kappa shape index (κ2) is 9.57. The second-order valence-electron chi connectivity index (χ2n) is 6.36. The van der Waals surface area contributed by atoms with Crippen LogP contribution in [0.3, 0.4) is 0 Å². The Morgan fingerprint density at radius 1 is 0.950 bits per heavy atom. The van der Waals surface area contributed by atoms with Crippen molar-refractivity contribution in [3.05, 3.63) is 21.9 Å². The van der Waals surface area contributed by atoms with Gasteiger partial charge in [0.15, 0.2) is 0 Å². The highest BCUT2D eigenvalue weighted by molar-refractivity contribution is 7.10. The van der Waals surface area contributed by atoms with Gasteiger partial charge in [-0.25, -0.2) is 0 Å². The third-order valence-corrected chi connectivity index (χ3v) is 5.65. The van der Waals surface area contributed by atoms with Crippen LogP contribution in [0.5, 0.6) is 0 Å². The molecule has 1 heterocycles. The first-order chi connectivity index (χ1) is 9.86. The molecule has 0 bridgehead atoms. The zero-order valence-electron chi connectivity index (χ0n) is 13.1. The Labute approximate surface area is 129 Å². The zero-order chi connectivity index (χ0) is 14.0. The molecular formula is C18H31NS. The van der Waals surface area contributed by atoms with Crippen molar-refractivity contribution in [2.75, 3.05) is 0 Å². The Hall–Kier alpha value is -0.340. The van der Waals surface area contributed by atoms with Gasteiger partial charge in [-0.05, 0) is 36.8 Å². The van der Waals surface area contributed by atoms with Gasteiger partial charge in [0.05, 0.1) is 0 Å². The van der Waals surface area contributed by atoms with Gasteiger partial charge in [-0.2, -0.15) is 0 Å². The van der Waals surface area contributed by atoms with Crippen molar-refractivity contribution >= 4 is 11.3 Å². The van der Waals surface area contributed by atoms with Gasteiger partial charge >= 0.3 is 0 Å². The molecule has 1 nitrogen and oxygen atoms in total. The number of hydrogen-bond acceptors (Lipinski definition) is 2. The Morgan fingerprint density at radius 2 is 1.50 bits per heavy atom. The van der Waals surface area contributed by atoms with E-state index in [1.54, 1.807) is 0 Å². The fourth-order valence-corrected chi connectivity index (χ4v) is 4.05.